The van der Waals surface area contributed by atoms with Gasteiger partial charge in [-0.3, -0.25) is 0 Å². The highest BCUT2D eigenvalue weighted by Gasteiger charge is 2.35. The van der Waals surface area contributed by atoms with Crippen molar-refractivity contribution in [3.8, 4) is 17.2 Å². The van der Waals surface area contributed by atoms with Crippen LogP contribution in [0.4, 0.5) is 0 Å². The van der Waals surface area contributed by atoms with Crippen LogP contribution in [0.1, 0.15) is 28.9 Å². The van der Waals surface area contributed by atoms with E-state index in [1.165, 1.54) is 21.3 Å². The molecule has 0 aromatic heterocycles. The van der Waals surface area contributed by atoms with E-state index < -0.39 is 5.97 Å². The van der Waals surface area contributed by atoms with E-state index >= 15 is 0 Å². The molecule has 0 spiro atoms. The number of hydrogen-bond donors (Lipinski definition) is 0. The molecule has 0 saturated heterocycles. The molecule has 1 unspecified atom stereocenters. The van der Waals surface area contributed by atoms with Crippen LogP contribution < -0.4 is 14.2 Å². The molecule has 1 aromatic rings. The van der Waals surface area contributed by atoms with Gasteiger partial charge in [0.25, 0.3) is 0 Å². The van der Waals surface area contributed by atoms with Gasteiger partial charge in [-0.2, -0.15) is 0 Å². The second kappa shape index (κ2) is 4.16. The second-order valence-corrected chi connectivity index (χ2v) is 3.66. The lowest BCUT2D eigenvalue weighted by molar-refractivity contribution is 0.0420. The largest absolute Gasteiger partial charge is 0.493 e. The van der Waals surface area contributed by atoms with Crippen molar-refractivity contribution >= 4 is 5.97 Å². The van der Waals surface area contributed by atoms with E-state index in [0.29, 0.717) is 22.8 Å². The van der Waals surface area contributed by atoms with E-state index in [0.717, 1.165) is 5.56 Å². The summed E-state index contributed by atoms with van der Waals surface area (Å²) < 4.78 is 20.8. The fraction of sp³-hybridized carbons (Fsp3) is 0.417. The molecule has 2 rings (SSSR count). The van der Waals surface area contributed by atoms with Crippen molar-refractivity contribution in [1.82, 2.24) is 0 Å². The van der Waals surface area contributed by atoms with Gasteiger partial charge in [-0.15, -0.1) is 0 Å². The Kier molecular flexibility index (Phi) is 2.83. The molecule has 1 atom stereocenters. The third-order valence-corrected chi connectivity index (χ3v) is 2.79. The summed E-state index contributed by atoms with van der Waals surface area (Å²) in [5, 5.41) is 0. The Bertz CT molecular complexity index is 466. The first-order valence-electron chi connectivity index (χ1n) is 5.17. The minimum atomic E-state index is -0.398. The van der Waals surface area contributed by atoms with Crippen LogP contribution >= 0.6 is 0 Å². The zero-order chi connectivity index (χ0) is 12.6. The molecule has 0 fully saturated rings. The van der Waals surface area contributed by atoms with E-state index in [1.54, 1.807) is 13.0 Å². The van der Waals surface area contributed by atoms with Crippen molar-refractivity contribution in [2.45, 2.75) is 13.0 Å². The van der Waals surface area contributed by atoms with Crippen LogP contribution in [0.2, 0.25) is 0 Å². The molecule has 5 heteroatoms. The van der Waals surface area contributed by atoms with Gasteiger partial charge in [0.15, 0.2) is 11.5 Å². The number of fused-ring (bicyclic) bond motifs is 1. The summed E-state index contributed by atoms with van der Waals surface area (Å²) in [6.07, 6.45) is -0.300. The molecule has 0 saturated carbocycles. The fourth-order valence-corrected chi connectivity index (χ4v) is 1.99. The Hall–Kier alpha value is -1.91. The lowest BCUT2D eigenvalue weighted by Crippen LogP contribution is -2.02. The summed E-state index contributed by atoms with van der Waals surface area (Å²) >= 11 is 0. The minimum absolute atomic E-state index is 0.300. The Balaban J connectivity index is 2.73. The summed E-state index contributed by atoms with van der Waals surface area (Å²) in [6.45, 7) is 1.80. The maximum Gasteiger partial charge on any atom is 0.343 e. The maximum absolute atomic E-state index is 11.7. The van der Waals surface area contributed by atoms with E-state index in [1.807, 2.05) is 0 Å². The smallest absolute Gasteiger partial charge is 0.343 e. The van der Waals surface area contributed by atoms with Gasteiger partial charge < -0.3 is 18.9 Å². The van der Waals surface area contributed by atoms with Crippen molar-refractivity contribution in [1.29, 1.82) is 0 Å². The number of ether oxygens (including phenoxy) is 4. The van der Waals surface area contributed by atoms with Crippen LogP contribution in [0.15, 0.2) is 6.07 Å². The maximum atomic E-state index is 11.7. The molecule has 0 amide bonds. The number of benzene rings is 1. The molecule has 0 aliphatic carbocycles. The van der Waals surface area contributed by atoms with E-state index in [-0.39, 0.29) is 6.10 Å². The van der Waals surface area contributed by atoms with Crippen molar-refractivity contribution in [2.24, 2.45) is 0 Å². The van der Waals surface area contributed by atoms with Crippen LogP contribution in [-0.2, 0) is 4.74 Å². The topological polar surface area (TPSA) is 54.0 Å². The lowest BCUT2D eigenvalue weighted by Gasteiger charge is -2.14. The summed E-state index contributed by atoms with van der Waals surface area (Å²) in [5.74, 6) is 0.884. The zero-order valence-electron chi connectivity index (χ0n) is 10.2. The van der Waals surface area contributed by atoms with Gasteiger partial charge in [0.05, 0.1) is 21.3 Å². The summed E-state index contributed by atoms with van der Waals surface area (Å²) in [5.41, 5.74) is 1.17. The van der Waals surface area contributed by atoms with Crippen LogP contribution in [0, 0.1) is 0 Å². The highest BCUT2D eigenvalue weighted by atomic mass is 16.6. The lowest BCUT2D eigenvalue weighted by atomic mass is 10.0. The molecule has 92 valence electrons. The van der Waals surface area contributed by atoms with Crippen molar-refractivity contribution < 1.29 is 23.7 Å². The quantitative estimate of drug-likeness (QED) is 0.753. The predicted molar refractivity (Wildman–Crippen MR) is 59.9 cm³/mol. The molecule has 1 aliphatic heterocycles. The number of carbonyl (C=O) groups is 1. The van der Waals surface area contributed by atoms with Crippen molar-refractivity contribution in [3.05, 3.63) is 17.2 Å². The molecule has 1 aromatic carbocycles. The van der Waals surface area contributed by atoms with Crippen LogP contribution in [0.3, 0.4) is 0 Å². The first-order valence-corrected chi connectivity index (χ1v) is 5.17. The molecule has 5 nitrogen and oxygen atoms in total. The molecule has 0 radical (unpaired) electrons. The van der Waals surface area contributed by atoms with Crippen LogP contribution in [-0.4, -0.2) is 27.3 Å². The highest BCUT2D eigenvalue weighted by molar-refractivity contribution is 5.98. The zero-order valence-corrected chi connectivity index (χ0v) is 10.2. The molecule has 17 heavy (non-hydrogen) atoms. The molecule has 0 N–H and O–H groups in total. The second-order valence-electron chi connectivity index (χ2n) is 3.66. The van der Waals surface area contributed by atoms with Gasteiger partial charge >= 0.3 is 5.97 Å². The molecular formula is C12H14O5. The van der Waals surface area contributed by atoms with Gasteiger partial charge in [-0.1, -0.05) is 0 Å². The van der Waals surface area contributed by atoms with E-state index in [2.05, 4.69) is 0 Å². The first kappa shape index (κ1) is 11.6. The van der Waals surface area contributed by atoms with Crippen LogP contribution in [0.25, 0.3) is 0 Å². The third-order valence-electron chi connectivity index (χ3n) is 2.79. The summed E-state index contributed by atoms with van der Waals surface area (Å²) in [7, 11) is 4.51. The van der Waals surface area contributed by atoms with E-state index in [4.69, 9.17) is 18.9 Å². The SMILES string of the molecule is COc1cc2c(c(OC)c1OC)C(=O)OC2C. The Morgan fingerprint density at radius 1 is 1.12 bits per heavy atom. The van der Waals surface area contributed by atoms with Crippen molar-refractivity contribution in [2.75, 3.05) is 21.3 Å². The predicted octanol–water partition coefficient (Wildman–Crippen LogP) is 1.94. The van der Waals surface area contributed by atoms with Crippen LogP contribution in [0.5, 0.6) is 17.2 Å². The highest BCUT2D eigenvalue weighted by Crippen LogP contribution is 2.47. The van der Waals surface area contributed by atoms with Crippen molar-refractivity contribution in [3.63, 3.8) is 0 Å². The first-order chi connectivity index (χ1) is 8.13. The average molecular weight is 238 g/mol. The molecule has 1 aliphatic rings. The monoisotopic (exact) mass is 238 g/mol. The summed E-state index contributed by atoms with van der Waals surface area (Å²) in [4.78, 5) is 11.7. The minimum Gasteiger partial charge on any atom is -0.493 e. The average Bonchev–Trinajstić information content (AvgIpc) is 2.62. The Morgan fingerprint density at radius 3 is 2.29 bits per heavy atom. The third kappa shape index (κ3) is 1.58. The molecular weight excluding hydrogens is 224 g/mol. The standard InChI is InChI=1S/C12H14O5/c1-6-7-5-8(14-2)10(15-3)11(16-4)9(7)12(13)17-6/h5-6H,1-4H3. The normalized spacial score (nSPS) is 17.4. The molecule has 1 heterocycles. The number of esters is 1. The number of hydrogen-bond acceptors (Lipinski definition) is 5. The fourth-order valence-electron chi connectivity index (χ4n) is 1.99. The van der Waals surface area contributed by atoms with E-state index in [9.17, 15) is 4.79 Å². The van der Waals surface area contributed by atoms with Gasteiger partial charge in [-0.05, 0) is 13.0 Å². The number of rotatable bonds is 3. The summed E-state index contributed by atoms with van der Waals surface area (Å²) in [6, 6.07) is 1.74. The van der Waals surface area contributed by atoms with Gasteiger partial charge in [0.1, 0.15) is 11.7 Å². The Labute approximate surface area is 99.2 Å². The number of carbonyl (C=O) groups excluding carboxylic acids is 1. The molecule has 0 bridgehead atoms. The van der Waals surface area contributed by atoms with Gasteiger partial charge in [-0.25, -0.2) is 4.79 Å². The van der Waals surface area contributed by atoms with Gasteiger partial charge in [0.2, 0.25) is 5.75 Å². The number of cyclic esters (lactones) is 1. The number of methoxy groups -OCH3 is 3. The van der Waals surface area contributed by atoms with Gasteiger partial charge in [0, 0.05) is 5.56 Å². The Morgan fingerprint density at radius 2 is 1.76 bits per heavy atom.